The molecule has 1 amide bonds. The number of hydrogen-bond acceptors (Lipinski definition) is 6. The number of rotatable bonds is 6. The maximum atomic E-state index is 12.5. The molecule has 0 aromatic carbocycles. The molecular weight excluding hydrogens is 376 g/mol. The van der Waals surface area contributed by atoms with Crippen LogP contribution in [0, 0.1) is 5.92 Å². The lowest BCUT2D eigenvalue weighted by Gasteiger charge is -2.33. The molecule has 0 aliphatic carbocycles. The Hall–Kier alpha value is -1.51. The van der Waals surface area contributed by atoms with Crippen molar-refractivity contribution in [3.05, 3.63) is 18.2 Å². The summed E-state index contributed by atoms with van der Waals surface area (Å²) in [7, 11) is 0. The molecule has 2 heterocycles. The molecule has 158 valence electrons. The predicted molar refractivity (Wildman–Crippen MR) is 112 cm³/mol. The Balaban J connectivity index is 1.87. The van der Waals surface area contributed by atoms with E-state index in [0.717, 1.165) is 19.3 Å². The predicted octanol–water partition coefficient (Wildman–Crippen LogP) is 3.68. The third kappa shape index (κ3) is 6.53. The summed E-state index contributed by atoms with van der Waals surface area (Å²) in [5, 5.41) is 9.10. The second-order valence-corrected chi connectivity index (χ2v) is 10.3. The van der Waals surface area contributed by atoms with E-state index in [4.69, 9.17) is 9.88 Å². The lowest BCUT2D eigenvalue weighted by Crippen LogP contribution is -2.45. The molecule has 1 aliphatic heterocycles. The highest BCUT2D eigenvalue weighted by molar-refractivity contribution is 7.89. The van der Waals surface area contributed by atoms with E-state index >= 15 is 0 Å². The van der Waals surface area contributed by atoms with Crippen LogP contribution in [0.15, 0.2) is 23.2 Å². The standard InChI is InChI=1S/C20H34N4O3S/c1-14(22-16-8-7-9-17(23-16)28(21)26)10-11-15-12-20(5,6)24(13-15)18(25)27-19(2,3)4/h7-9,14-15H,10-13,21H2,1-6H3,(H,22,23). The lowest BCUT2D eigenvalue weighted by molar-refractivity contribution is 0.0131. The van der Waals surface area contributed by atoms with Crippen molar-refractivity contribution in [1.82, 2.24) is 9.88 Å². The number of aromatic nitrogens is 1. The van der Waals surface area contributed by atoms with Crippen LogP contribution in [0.2, 0.25) is 0 Å². The van der Waals surface area contributed by atoms with Crippen molar-refractivity contribution < 1.29 is 14.1 Å². The molecule has 1 aromatic heterocycles. The first-order valence-corrected chi connectivity index (χ1v) is 11.0. The summed E-state index contributed by atoms with van der Waals surface area (Å²) in [5.74, 6) is 1.11. The zero-order valence-electron chi connectivity index (χ0n) is 17.8. The Labute approximate surface area is 171 Å². The fraction of sp³-hybridized carbons (Fsp3) is 0.700. The quantitative estimate of drug-likeness (QED) is 0.693. The van der Waals surface area contributed by atoms with Crippen LogP contribution in [0.1, 0.15) is 60.8 Å². The first-order chi connectivity index (χ1) is 12.9. The molecule has 7 nitrogen and oxygen atoms in total. The van der Waals surface area contributed by atoms with Crippen molar-refractivity contribution >= 4 is 23.3 Å². The summed E-state index contributed by atoms with van der Waals surface area (Å²) in [6, 6.07) is 5.49. The van der Waals surface area contributed by atoms with Crippen molar-refractivity contribution in [2.24, 2.45) is 11.1 Å². The number of pyridine rings is 1. The number of nitrogens with zero attached hydrogens (tertiary/aromatic N) is 2. The SMILES string of the molecule is CC(CCC1CN(C(=O)OC(C)(C)C)C(C)(C)C1)Nc1cccc([S+](N)[O-])n1. The van der Waals surface area contributed by atoms with Gasteiger partial charge in [-0.25, -0.2) is 4.79 Å². The van der Waals surface area contributed by atoms with E-state index in [1.807, 2.05) is 31.7 Å². The second kappa shape index (κ2) is 8.88. The van der Waals surface area contributed by atoms with Gasteiger partial charge in [-0.1, -0.05) is 6.07 Å². The second-order valence-electron chi connectivity index (χ2n) is 9.25. The third-order valence-corrected chi connectivity index (χ3v) is 5.55. The maximum absolute atomic E-state index is 12.5. The molecule has 3 atom stereocenters. The van der Waals surface area contributed by atoms with E-state index in [2.05, 4.69) is 31.1 Å². The molecule has 0 bridgehead atoms. The van der Waals surface area contributed by atoms with Crippen LogP contribution in [0.3, 0.4) is 0 Å². The maximum Gasteiger partial charge on any atom is 0.410 e. The number of anilines is 1. The van der Waals surface area contributed by atoms with Gasteiger partial charge in [-0.15, -0.1) is 5.14 Å². The monoisotopic (exact) mass is 410 g/mol. The van der Waals surface area contributed by atoms with Crippen LogP contribution in [0.25, 0.3) is 0 Å². The number of carbonyl (C=O) groups is 1. The number of nitrogens with two attached hydrogens (primary N) is 1. The highest BCUT2D eigenvalue weighted by atomic mass is 32.2. The minimum atomic E-state index is -1.58. The van der Waals surface area contributed by atoms with Crippen LogP contribution in [-0.4, -0.2) is 44.3 Å². The van der Waals surface area contributed by atoms with E-state index in [0.29, 0.717) is 23.3 Å². The fourth-order valence-electron chi connectivity index (χ4n) is 3.64. The fourth-order valence-corrected chi connectivity index (χ4v) is 4.04. The van der Waals surface area contributed by atoms with E-state index in [1.54, 1.807) is 12.1 Å². The normalized spacial score (nSPS) is 21.3. The van der Waals surface area contributed by atoms with Crippen LogP contribution in [-0.2, 0) is 16.1 Å². The molecule has 0 spiro atoms. The van der Waals surface area contributed by atoms with Gasteiger partial charge in [0, 0.05) is 24.2 Å². The van der Waals surface area contributed by atoms with Gasteiger partial charge in [0.1, 0.15) is 11.4 Å². The molecule has 0 radical (unpaired) electrons. The molecule has 1 fully saturated rings. The van der Waals surface area contributed by atoms with Crippen molar-refractivity contribution in [3.63, 3.8) is 0 Å². The summed E-state index contributed by atoms with van der Waals surface area (Å²) in [6.07, 6.45) is 2.67. The minimum absolute atomic E-state index is 0.202. The van der Waals surface area contributed by atoms with Crippen molar-refractivity contribution in [3.8, 4) is 0 Å². The summed E-state index contributed by atoms with van der Waals surface area (Å²) in [6.45, 7) is 12.7. The first-order valence-electron chi connectivity index (χ1n) is 9.78. The smallest absolute Gasteiger partial charge is 0.410 e. The Bertz CT molecular complexity index is 676. The van der Waals surface area contributed by atoms with Crippen LogP contribution >= 0.6 is 0 Å². The Morgan fingerprint density at radius 3 is 2.79 bits per heavy atom. The number of ether oxygens (including phenoxy) is 1. The summed E-state index contributed by atoms with van der Waals surface area (Å²) in [4.78, 5) is 18.7. The minimum Gasteiger partial charge on any atom is -0.592 e. The van der Waals surface area contributed by atoms with Gasteiger partial charge >= 0.3 is 6.09 Å². The van der Waals surface area contributed by atoms with Gasteiger partial charge in [0.2, 0.25) is 0 Å². The summed E-state index contributed by atoms with van der Waals surface area (Å²) < 4.78 is 16.9. The van der Waals surface area contributed by atoms with Gasteiger partial charge < -0.3 is 19.5 Å². The van der Waals surface area contributed by atoms with Gasteiger partial charge in [-0.3, -0.25) is 0 Å². The number of amides is 1. The third-order valence-electron chi connectivity index (χ3n) is 4.91. The highest BCUT2D eigenvalue weighted by Gasteiger charge is 2.42. The van der Waals surface area contributed by atoms with Crippen molar-refractivity contribution in [1.29, 1.82) is 0 Å². The van der Waals surface area contributed by atoms with Crippen LogP contribution < -0.4 is 10.5 Å². The molecule has 1 aliphatic rings. The van der Waals surface area contributed by atoms with Crippen LogP contribution in [0.4, 0.5) is 10.6 Å². The molecule has 0 saturated carbocycles. The summed E-state index contributed by atoms with van der Waals surface area (Å²) >= 11 is -1.58. The molecule has 3 unspecified atom stereocenters. The average molecular weight is 411 g/mol. The largest absolute Gasteiger partial charge is 0.592 e. The van der Waals surface area contributed by atoms with Gasteiger partial charge in [0.15, 0.2) is 0 Å². The number of hydrogen-bond donors (Lipinski definition) is 2. The van der Waals surface area contributed by atoms with Crippen molar-refractivity contribution in [2.75, 3.05) is 11.9 Å². The van der Waals surface area contributed by atoms with E-state index in [-0.39, 0.29) is 17.7 Å². The van der Waals surface area contributed by atoms with Gasteiger partial charge in [0.05, 0.1) is 11.4 Å². The van der Waals surface area contributed by atoms with E-state index in [1.165, 1.54) is 0 Å². The number of likely N-dealkylation sites (tertiary alicyclic amines) is 1. The molecular formula is C20H34N4O3S. The van der Waals surface area contributed by atoms with Gasteiger partial charge in [-0.2, -0.15) is 4.98 Å². The zero-order valence-corrected chi connectivity index (χ0v) is 18.6. The molecule has 3 N–H and O–H groups in total. The Morgan fingerprint density at radius 2 is 2.18 bits per heavy atom. The Kier molecular flexibility index (Phi) is 7.22. The summed E-state index contributed by atoms with van der Waals surface area (Å²) in [5.41, 5.74) is -0.691. The lowest BCUT2D eigenvalue weighted by atomic mass is 9.92. The molecule has 28 heavy (non-hydrogen) atoms. The number of carbonyl (C=O) groups excluding carboxylic acids is 1. The molecule has 8 heteroatoms. The topological polar surface area (TPSA) is 104 Å². The first kappa shape index (κ1) is 22.8. The number of nitrogens with one attached hydrogen (secondary N) is 1. The van der Waals surface area contributed by atoms with Crippen LogP contribution in [0.5, 0.6) is 0 Å². The highest BCUT2D eigenvalue weighted by Crippen LogP contribution is 2.36. The van der Waals surface area contributed by atoms with Gasteiger partial charge in [-0.05, 0) is 72.8 Å². The van der Waals surface area contributed by atoms with E-state index < -0.39 is 17.0 Å². The average Bonchev–Trinajstić information content (AvgIpc) is 2.86. The Morgan fingerprint density at radius 1 is 1.50 bits per heavy atom. The van der Waals surface area contributed by atoms with Crippen molar-refractivity contribution in [2.45, 2.75) is 83.0 Å². The molecule has 2 rings (SSSR count). The molecule has 1 saturated heterocycles. The molecule has 1 aromatic rings. The van der Waals surface area contributed by atoms with Gasteiger partial charge in [0.25, 0.3) is 5.03 Å². The van der Waals surface area contributed by atoms with E-state index in [9.17, 15) is 9.35 Å². The zero-order chi connectivity index (χ0) is 21.1.